The van der Waals surface area contributed by atoms with Gasteiger partial charge in [0.15, 0.2) is 0 Å². The number of rotatable bonds is 7. The van der Waals surface area contributed by atoms with E-state index in [0.717, 1.165) is 6.42 Å². The Kier molecular flexibility index (Phi) is 6.14. The second-order valence-corrected chi connectivity index (χ2v) is 5.38. The quantitative estimate of drug-likeness (QED) is 0.468. The van der Waals surface area contributed by atoms with Crippen molar-refractivity contribution < 1.29 is 18.2 Å². The summed E-state index contributed by atoms with van der Waals surface area (Å²) in [4.78, 5) is 1.32. The van der Waals surface area contributed by atoms with Gasteiger partial charge in [0.25, 0.3) is 0 Å². The Morgan fingerprint density at radius 2 is 2.00 bits per heavy atom. The third-order valence-electron chi connectivity index (χ3n) is 1.73. The molecule has 0 fully saturated rings. The van der Waals surface area contributed by atoms with Gasteiger partial charge in [-0.05, 0) is 0 Å². The molecule has 0 atom stereocenters. The van der Waals surface area contributed by atoms with E-state index in [9.17, 15) is 13.1 Å². The van der Waals surface area contributed by atoms with Gasteiger partial charge in [-0.1, -0.05) is 0 Å². The predicted octanol–water partition coefficient (Wildman–Crippen LogP) is -0.379. The second kappa shape index (κ2) is 6.26. The third kappa shape index (κ3) is 6.23. The van der Waals surface area contributed by atoms with Crippen LogP contribution in [-0.4, -0.2) is 44.0 Å². The summed E-state index contributed by atoms with van der Waals surface area (Å²) in [6.45, 7) is 4.13. The molecule has 0 spiro atoms. The summed E-state index contributed by atoms with van der Waals surface area (Å²) in [5.41, 5.74) is 0. The van der Waals surface area contributed by atoms with Crippen LogP contribution < -0.4 is 0 Å². The fourth-order valence-corrected chi connectivity index (χ4v) is 1.68. The zero-order chi connectivity index (χ0) is 11.2. The van der Waals surface area contributed by atoms with E-state index in [0.29, 0.717) is 12.5 Å². The molecular weight excluding hydrogens is 205 g/mol. The van der Waals surface area contributed by atoms with Crippen molar-refractivity contribution in [2.45, 2.75) is 20.3 Å². The van der Waals surface area contributed by atoms with E-state index in [4.69, 9.17) is 5.11 Å². The molecule has 0 saturated heterocycles. The summed E-state index contributed by atoms with van der Waals surface area (Å²) < 4.78 is 31.9. The summed E-state index contributed by atoms with van der Waals surface area (Å²) in [7, 11) is -3.69. The number of hydrogen-bond acceptors (Lipinski definition) is 5. The molecule has 1 N–H and O–H groups in total. The Morgan fingerprint density at radius 3 is 2.36 bits per heavy atom. The molecule has 0 amide bonds. The molecule has 0 aliphatic carbocycles. The maximum absolute atomic E-state index is 10.9. The Hall–Kier alpha value is -0.265. The van der Waals surface area contributed by atoms with Gasteiger partial charge < -0.3 is 0 Å². The van der Waals surface area contributed by atoms with Crippen LogP contribution in [0.25, 0.3) is 0 Å². The molecule has 0 aliphatic rings. The standard InChI is InChI=1S/C7H16BNO4S/c1-7(2)3-4-9(5-10)6-14(12,13)8-11/h7,10H,3-6H2,1-2H3. The van der Waals surface area contributed by atoms with E-state index >= 15 is 0 Å². The molecule has 0 aliphatic heterocycles. The number of aliphatic hydroxyl groups excluding tert-OH is 1. The minimum absolute atomic E-state index is 0.0783. The van der Waals surface area contributed by atoms with Gasteiger partial charge in [-0.25, -0.2) is 0 Å². The molecule has 0 rings (SSSR count). The van der Waals surface area contributed by atoms with Crippen LogP contribution in [0.5, 0.6) is 0 Å². The first-order chi connectivity index (χ1) is 6.41. The molecule has 0 aromatic carbocycles. The molecule has 0 saturated carbocycles. The van der Waals surface area contributed by atoms with Gasteiger partial charge in [0.05, 0.1) is 0 Å². The molecule has 0 bridgehead atoms. The minimum atomic E-state index is -3.69. The van der Waals surface area contributed by atoms with E-state index in [-0.39, 0.29) is 13.2 Å². The molecule has 7 heteroatoms. The summed E-state index contributed by atoms with van der Waals surface area (Å²) in [5, 5.41) is 8.84. The van der Waals surface area contributed by atoms with Crippen molar-refractivity contribution in [3.05, 3.63) is 0 Å². The van der Waals surface area contributed by atoms with Gasteiger partial charge >= 0.3 is 84.6 Å². The molecule has 0 heterocycles. The van der Waals surface area contributed by atoms with Gasteiger partial charge in [0, 0.05) is 0 Å². The topological polar surface area (TPSA) is 74.7 Å². The fourth-order valence-electron chi connectivity index (χ4n) is 0.902. The van der Waals surface area contributed by atoms with Crippen LogP contribution in [0.15, 0.2) is 0 Å². The first-order valence-electron chi connectivity index (χ1n) is 4.42. The molecule has 0 aromatic rings. The first-order valence-corrected chi connectivity index (χ1v) is 6.14. The molecule has 0 aromatic heterocycles. The van der Waals surface area contributed by atoms with Crippen molar-refractivity contribution in [1.82, 2.24) is 4.90 Å². The van der Waals surface area contributed by atoms with Gasteiger partial charge in [-0.2, -0.15) is 0 Å². The van der Waals surface area contributed by atoms with Gasteiger partial charge in [-0.15, -0.1) is 0 Å². The van der Waals surface area contributed by atoms with Crippen LogP contribution in [0.4, 0.5) is 0 Å². The van der Waals surface area contributed by atoms with Crippen LogP contribution in [0, 0.1) is 5.92 Å². The average Bonchev–Trinajstić information content (AvgIpc) is 2.12. The Bertz CT molecular complexity index is 265. The zero-order valence-electron chi connectivity index (χ0n) is 8.51. The van der Waals surface area contributed by atoms with Crippen molar-refractivity contribution in [1.29, 1.82) is 0 Å². The predicted molar refractivity (Wildman–Crippen MR) is 53.5 cm³/mol. The Morgan fingerprint density at radius 1 is 1.43 bits per heavy atom. The molecule has 5 nitrogen and oxygen atoms in total. The second-order valence-electron chi connectivity index (χ2n) is 3.61. The van der Waals surface area contributed by atoms with Crippen molar-refractivity contribution >= 4 is 16.1 Å². The van der Waals surface area contributed by atoms with E-state index in [1.54, 1.807) is 0 Å². The van der Waals surface area contributed by atoms with Gasteiger partial charge in [-0.3, -0.25) is 0 Å². The van der Waals surface area contributed by atoms with Crippen LogP contribution in [0.1, 0.15) is 20.3 Å². The van der Waals surface area contributed by atoms with Gasteiger partial charge in [0.2, 0.25) is 0 Å². The maximum atomic E-state index is 10.9. The Labute approximate surface area is 85.2 Å². The zero-order valence-corrected chi connectivity index (χ0v) is 9.33. The molecule has 0 radical (unpaired) electrons. The van der Waals surface area contributed by atoms with E-state index in [1.807, 2.05) is 13.8 Å². The fraction of sp³-hybridized carbons (Fsp3) is 1.00. The monoisotopic (exact) mass is 221 g/mol. The normalized spacial score (nSPS) is 12.1. The molecule has 14 heavy (non-hydrogen) atoms. The number of nitrogens with zero attached hydrogens (tertiary/aromatic N) is 1. The average molecular weight is 221 g/mol. The molecular formula is C7H16BNO4S. The Balaban J connectivity index is 4.10. The summed E-state index contributed by atoms with van der Waals surface area (Å²) in [5.74, 6) is 0.0303. The van der Waals surface area contributed by atoms with Crippen molar-refractivity contribution in [3.63, 3.8) is 0 Å². The molecule has 82 valence electrons. The van der Waals surface area contributed by atoms with E-state index in [2.05, 4.69) is 0 Å². The van der Waals surface area contributed by atoms with Crippen LogP contribution in [0.2, 0.25) is 0 Å². The number of aliphatic hydroxyl groups is 1. The van der Waals surface area contributed by atoms with E-state index < -0.39 is 15.6 Å². The van der Waals surface area contributed by atoms with Gasteiger partial charge in [0.1, 0.15) is 0 Å². The SMILES string of the molecule is CC(C)CCN(CO)CS(=O)(=O)B=O. The summed E-state index contributed by atoms with van der Waals surface area (Å²) in [6.07, 6.45) is 0.708. The van der Waals surface area contributed by atoms with Crippen molar-refractivity contribution in [2.24, 2.45) is 5.92 Å². The van der Waals surface area contributed by atoms with Crippen molar-refractivity contribution in [2.75, 3.05) is 19.2 Å². The first kappa shape index (κ1) is 13.7. The molecule has 0 unspecified atom stereocenters. The third-order valence-corrected chi connectivity index (χ3v) is 2.75. The van der Waals surface area contributed by atoms with Crippen molar-refractivity contribution in [3.8, 4) is 0 Å². The summed E-state index contributed by atoms with van der Waals surface area (Å²) >= 11 is 0. The van der Waals surface area contributed by atoms with E-state index in [1.165, 1.54) is 4.90 Å². The van der Waals surface area contributed by atoms with Crippen LogP contribution >= 0.6 is 0 Å². The van der Waals surface area contributed by atoms with Crippen LogP contribution in [0.3, 0.4) is 0 Å². The number of hydrogen-bond donors (Lipinski definition) is 1. The summed E-state index contributed by atoms with van der Waals surface area (Å²) in [6, 6.07) is 0. The van der Waals surface area contributed by atoms with Crippen LogP contribution in [-0.2, 0) is 14.4 Å².